The number of carbonyl (C=O) groups is 1. The first-order chi connectivity index (χ1) is 12.7. The van der Waals surface area contributed by atoms with E-state index in [0.717, 1.165) is 19.4 Å². The molecule has 0 atom stereocenters. The summed E-state index contributed by atoms with van der Waals surface area (Å²) in [5, 5.41) is 0. The quantitative estimate of drug-likeness (QED) is 0.305. The zero-order valence-electron chi connectivity index (χ0n) is 16.7. The lowest BCUT2D eigenvalue weighted by Gasteiger charge is -2.21. The average molecular weight is 375 g/mol. The lowest BCUT2D eigenvalue weighted by molar-refractivity contribution is -0.150. The molecule has 0 spiro atoms. The molecule has 1 fully saturated rings. The summed E-state index contributed by atoms with van der Waals surface area (Å²) in [7, 11) is 0. The van der Waals surface area contributed by atoms with Crippen LogP contribution in [0.25, 0.3) is 0 Å². The summed E-state index contributed by atoms with van der Waals surface area (Å²) in [5.41, 5.74) is 0. The van der Waals surface area contributed by atoms with Crippen molar-refractivity contribution >= 4 is 5.97 Å². The third-order valence-electron chi connectivity index (χ3n) is 4.09. The van der Waals surface area contributed by atoms with E-state index in [9.17, 15) is 4.79 Å². The predicted molar refractivity (Wildman–Crippen MR) is 100 cm³/mol. The van der Waals surface area contributed by atoms with Gasteiger partial charge in [-0.1, -0.05) is 20.3 Å². The maximum absolute atomic E-state index is 11.7. The van der Waals surface area contributed by atoms with Gasteiger partial charge in [-0.25, -0.2) is 0 Å². The molecular weight excluding hydrogens is 336 g/mol. The fourth-order valence-electron chi connectivity index (χ4n) is 2.73. The molecule has 1 saturated carbocycles. The Morgan fingerprint density at radius 3 is 1.92 bits per heavy atom. The van der Waals surface area contributed by atoms with E-state index in [0.29, 0.717) is 65.0 Å². The number of ether oxygens (including phenoxy) is 5. The summed E-state index contributed by atoms with van der Waals surface area (Å²) in [4.78, 5) is 11.7. The van der Waals surface area contributed by atoms with Crippen molar-refractivity contribution in [2.75, 3.05) is 52.9 Å². The Labute approximate surface area is 158 Å². The van der Waals surface area contributed by atoms with Crippen LogP contribution in [0.15, 0.2) is 0 Å². The summed E-state index contributed by atoms with van der Waals surface area (Å²) in [6.45, 7) is 9.02. The first-order valence-corrected chi connectivity index (χ1v) is 10.2. The van der Waals surface area contributed by atoms with Crippen molar-refractivity contribution in [3.05, 3.63) is 0 Å². The lowest BCUT2D eigenvalue weighted by Crippen LogP contribution is -2.21. The van der Waals surface area contributed by atoms with E-state index in [1.54, 1.807) is 0 Å². The molecule has 0 aromatic carbocycles. The second-order valence-electron chi connectivity index (χ2n) is 7.16. The van der Waals surface area contributed by atoms with Gasteiger partial charge in [-0.3, -0.25) is 4.79 Å². The van der Waals surface area contributed by atoms with Crippen LogP contribution in [0.2, 0.25) is 0 Å². The maximum atomic E-state index is 11.7. The van der Waals surface area contributed by atoms with Gasteiger partial charge in [0.1, 0.15) is 6.10 Å². The molecule has 0 heterocycles. The van der Waals surface area contributed by atoms with E-state index in [1.807, 2.05) is 0 Å². The van der Waals surface area contributed by atoms with E-state index in [4.69, 9.17) is 23.7 Å². The molecule has 1 rings (SSSR count). The fourth-order valence-corrected chi connectivity index (χ4v) is 2.73. The van der Waals surface area contributed by atoms with Crippen LogP contribution in [-0.4, -0.2) is 64.9 Å². The van der Waals surface area contributed by atoms with Gasteiger partial charge in [0.25, 0.3) is 0 Å². The minimum absolute atomic E-state index is 0.0914. The third kappa shape index (κ3) is 14.5. The van der Waals surface area contributed by atoms with Gasteiger partial charge in [0.2, 0.25) is 0 Å². The molecule has 0 N–H and O–H groups in total. The zero-order valence-corrected chi connectivity index (χ0v) is 16.7. The molecular formula is C20H38O6. The molecule has 6 heteroatoms. The second-order valence-corrected chi connectivity index (χ2v) is 7.16. The molecule has 154 valence electrons. The van der Waals surface area contributed by atoms with E-state index in [-0.39, 0.29) is 12.1 Å². The van der Waals surface area contributed by atoms with Crippen molar-refractivity contribution in [3.8, 4) is 0 Å². The molecule has 0 aliphatic heterocycles. The Kier molecular flexibility index (Phi) is 14.8. The molecule has 0 aromatic rings. The number of rotatable bonds is 16. The molecule has 0 bridgehead atoms. The molecule has 0 unspecified atom stereocenters. The van der Waals surface area contributed by atoms with Crippen molar-refractivity contribution < 1.29 is 28.5 Å². The van der Waals surface area contributed by atoms with Crippen molar-refractivity contribution in [3.63, 3.8) is 0 Å². The minimum Gasteiger partial charge on any atom is -0.462 e. The largest absolute Gasteiger partial charge is 0.462 e. The summed E-state index contributed by atoms with van der Waals surface area (Å²) in [6.07, 6.45) is 6.95. The van der Waals surface area contributed by atoms with Crippen molar-refractivity contribution in [1.82, 2.24) is 0 Å². The monoisotopic (exact) mass is 374 g/mol. The van der Waals surface area contributed by atoms with Crippen molar-refractivity contribution in [1.29, 1.82) is 0 Å². The number of carbonyl (C=O) groups excluding carboxylic acids is 1. The van der Waals surface area contributed by atoms with Crippen LogP contribution in [0.1, 0.15) is 58.8 Å². The number of esters is 1. The van der Waals surface area contributed by atoms with Crippen LogP contribution < -0.4 is 0 Å². The van der Waals surface area contributed by atoms with Crippen LogP contribution in [-0.2, 0) is 28.5 Å². The zero-order chi connectivity index (χ0) is 18.9. The van der Waals surface area contributed by atoms with E-state index in [1.165, 1.54) is 19.3 Å². The van der Waals surface area contributed by atoms with Gasteiger partial charge < -0.3 is 23.7 Å². The Hall–Kier alpha value is -0.690. The van der Waals surface area contributed by atoms with Gasteiger partial charge in [0.05, 0.1) is 39.6 Å². The SMILES string of the molecule is CC(C)COCCOCCOCCOCCCC(=O)OC1CCCCC1. The second kappa shape index (κ2) is 16.5. The van der Waals surface area contributed by atoms with Gasteiger partial charge >= 0.3 is 5.97 Å². The molecule has 0 aromatic heterocycles. The molecule has 0 saturated heterocycles. The van der Waals surface area contributed by atoms with Crippen LogP contribution in [0.5, 0.6) is 0 Å². The minimum atomic E-state index is -0.0914. The van der Waals surface area contributed by atoms with Gasteiger partial charge in [0.15, 0.2) is 0 Å². The highest BCUT2D eigenvalue weighted by Crippen LogP contribution is 2.20. The molecule has 1 aliphatic rings. The smallest absolute Gasteiger partial charge is 0.306 e. The molecule has 0 amide bonds. The Morgan fingerprint density at radius 2 is 1.35 bits per heavy atom. The number of hydrogen-bond acceptors (Lipinski definition) is 6. The molecule has 0 radical (unpaired) electrons. The highest BCUT2D eigenvalue weighted by Gasteiger charge is 2.17. The van der Waals surface area contributed by atoms with Gasteiger partial charge in [-0.05, 0) is 38.0 Å². The average Bonchev–Trinajstić information content (AvgIpc) is 2.62. The van der Waals surface area contributed by atoms with Crippen molar-refractivity contribution in [2.45, 2.75) is 64.9 Å². The topological polar surface area (TPSA) is 63.2 Å². The standard InChI is InChI=1S/C20H38O6/c1-18(2)17-25-16-15-24-14-13-23-12-11-22-10-6-9-20(21)26-19-7-4-3-5-8-19/h18-19H,3-17H2,1-2H3. The Balaban J connectivity index is 1.74. The summed E-state index contributed by atoms with van der Waals surface area (Å²) in [5.74, 6) is 0.465. The molecule has 1 aliphatic carbocycles. The van der Waals surface area contributed by atoms with E-state index in [2.05, 4.69) is 13.8 Å². The molecule has 6 nitrogen and oxygen atoms in total. The maximum Gasteiger partial charge on any atom is 0.306 e. The van der Waals surface area contributed by atoms with Crippen LogP contribution in [0.4, 0.5) is 0 Å². The van der Waals surface area contributed by atoms with E-state index >= 15 is 0 Å². The summed E-state index contributed by atoms with van der Waals surface area (Å²) in [6, 6.07) is 0. The van der Waals surface area contributed by atoms with Crippen LogP contribution in [0, 0.1) is 5.92 Å². The normalized spacial score (nSPS) is 15.5. The lowest BCUT2D eigenvalue weighted by atomic mass is 9.98. The molecule has 26 heavy (non-hydrogen) atoms. The first kappa shape index (κ1) is 23.3. The highest BCUT2D eigenvalue weighted by atomic mass is 16.6. The van der Waals surface area contributed by atoms with Gasteiger partial charge in [-0.15, -0.1) is 0 Å². The first-order valence-electron chi connectivity index (χ1n) is 10.2. The van der Waals surface area contributed by atoms with Crippen LogP contribution >= 0.6 is 0 Å². The third-order valence-corrected chi connectivity index (χ3v) is 4.09. The highest BCUT2D eigenvalue weighted by molar-refractivity contribution is 5.69. The predicted octanol–water partition coefficient (Wildman–Crippen LogP) is 3.36. The van der Waals surface area contributed by atoms with Crippen LogP contribution in [0.3, 0.4) is 0 Å². The van der Waals surface area contributed by atoms with E-state index < -0.39 is 0 Å². The van der Waals surface area contributed by atoms with Gasteiger partial charge in [0, 0.05) is 19.6 Å². The van der Waals surface area contributed by atoms with Gasteiger partial charge in [-0.2, -0.15) is 0 Å². The summed E-state index contributed by atoms with van der Waals surface area (Å²) < 4.78 is 27.2. The van der Waals surface area contributed by atoms with Crippen molar-refractivity contribution in [2.24, 2.45) is 5.92 Å². The number of hydrogen-bond donors (Lipinski definition) is 0. The fraction of sp³-hybridized carbons (Fsp3) is 0.950. The Morgan fingerprint density at radius 1 is 0.808 bits per heavy atom. The Bertz CT molecular complexity index is 328. The summed E-state index contributed by atoms with van der Waals surface area (Å²) >= 11 is 0.